The van der Waals surface area contributed by atoms with Crippen molar-refractivity contribution in [3.8, 4) is 0 Å². The Labute approximate surface area is 122 Å². The van der Waals surface area contributed by atoms with Crippen molar-refractivity contribution in [3.05, 3.63) is 64.8 Å². The summed E-state index contributed by atoms with van der Waals surface area (Å²) in [6, 6.07) is 15.9. The highest BCUT2D eigenvalue weighted by Gasteiger charge is 2.11. The van der Waals surface area contributed by atoms with Gasteiger partial charge in [-0.15, -0.1) is 0 Å². The molecule has 0 saturated carbocycles. The van der Waals surface area contributed by atoms with Gasteiger partial charge < -0.3 is 4.52 Å². The topological polar surface area (TPSA) is 29.3 Å². The normalized spacial score (nSPS) is 11.3. The molecule has 0 amide bonds. The molecule has 0 aliphatic carbocycles. The molecule has 0 bridgehead atoms. The molecule has 0 atom stereocenters. The molecule has 1 heterocycles. The van der Waals surface area contributed by atoms with E-state index in [4.69, 9.17) is 16.1 Å². The molecule has 2 aromatic carbocycles. The van der Waals surface area contributed by atoms with Gasteiger partial charge >= 0.3 is 0 Å². The molecule has 0 fully saturated rings. The monoisotopic (exact) mass is 286 g/mol. The summed E-state index contributed by atoms with van der Waals surface area (Å²) in [5.41, 5.74) is 2.97. The van der Waals surface area contributed by atoms with Crippen molar-refractivity contribution in [1.29, 1.82) is 0 Å². The summed E-state index contributed by atoms with van der Waals surface area (Å²) in [5.74, 6) is 0. The van der Waals surface area contributed by atoms with Gasteiger partial charge in [0, 0.05) is 23.5 Å². The summed E-state index contributed by atoms with van der Waals surface area (Å²) in [6.45, 7) is 1.60. The van der Waals surface area contributed by atoms with Crippen LogP contribution in [0.1, 0.15) is 11.3 Å². The molecule has 1 aromatic heterocycles. The van der Waals surface area contributed by atoms with Gasteiger partial charge in [-0.05, 0) is 30.8 Å². The number of rotatable bonds is 4. The Morgan fingerprint density at radius 1 is 1.10 bits per heavy atom. The molecule has 0 aliphatic heterocycles. The predicted octanol–water partition coefficient (Wildman–Crippen LogP) is 4.11. The second-order valence-corrected chi connectivity index (χ2v) is 5.36. The van der Waals surface area contributed by atoms with Gasteiger partial charge in [-0.1, -0.05) is 47.1 Å². The smallest absolute Gasteiger partial charge is 0.167 e. The van der Waals surface area contributed by atoms with Crippen LogP contribution in [0.2, 0.25) is 5.02 Å². The zero-order chi connectivity index (χ0) is 13.9. The van der Waals surface area contributed by atoms with Crippen LogP contribution in [-0.4, -0.2) is 17.1 Å². The van der Waals surface area contributed by atoms with Crippen molar-refractivity contribution < 1.29 is 4.52 Å². The van der Waals surface area contributed by atoms with Crippen LogP contribution in [0.15, 0.2) is 53.1 Å². The second-order valence-electron chi connectivity index (χ2n) is 4.93. The van der Waals surface area contributed by atoms with E-state index in [1.54, 1.807) is 0 Å². The van der Waals surface area contributed by atoms with Crippen LogP contribution in [0.25, 0.3) is 11.0 Å². The Balaban J connectivity index is 1.77. The van der Waals surface area contributed by atoms with Crippen LogP contribution in [0.4, 0.5) is 0 Å². The zero-order valence-corrected chi connectivity index (χ0v) is 12.0. The Hall–Kier alpha value is -1.84. The molecule has 0 spiro atoms. The third-order valence-electron chi connectivity index (χ3n) is 3.22. The molecule has 3 aromatic rings. The molecule has 102 valence electrons. The van der Waals surface area contributed by atoms with E-state index in [1.165, 1.54) is 5.56 Å². The first kappa shape index (κ1) is 13.2. The van der Waals surface area contributed by atoms with Gasteiger partial charge in [0.05, 0.1) is 0 Å². The number of aromatic nitrogens is 1. The first-order valence-corrected chi connectivity index (χ1v) is 6.86. The summed E-state index contributed by atoms with van der Waals surface area (Å²) in [5, 5.41) is 5.83. The highest BCUT2D eigenvalue weighted by Crippen LogP contribution is 2.23. The fourth-order valence-electron chi connectivity index (χ4n) is 2.28. The quantitative estimate of drug-likeness (QED) is 0.723. The molecule has 0 unspecified atom stereocenters. The van der Waals surface area contributed by atoms with Gasteiger partial charge in [0.25, 0.3) is 0 Å². The van der Waals surface area contributed by atoms with E-state index in [0.717, 1.165) is 29.8 Å². The lowest BCUT2D eigenvalue weighted by atomic mass is 10.2. The van der Waals surface area contributed by atoms with Crippen molar-refractivity contribution in [2.75, 3.05) is 7.05 Å². The third-order valence-corrected chi connectivity index (χ3v) is 3.46. The van der Waals surface area contributed by atoms with Crippen LogP contribution in [0, 0.1) is 0 Å². The van der Waals surface area contributed by atoms with E-state index in [0.29, 0.717) is 5.02 Å². The number of hydrogen-bond donors (Lipinski definition) is 0. The molecule has 4 heteroatoms. The molecule has 20 heavy (non-hydrogen) atoms. The van der Waals surface area contributed by atoms with Crippen molar-refractivity contribution in [3.63, 3.8) is 0 Å². The van der Waals surface area contributed by atoms with Crippen LogP contribution >= 0.6 is 11.6 Å². The minimum atomic E-state index is 0.702. The maximum absolute atomic E-state index is 6.03. The largest absolute Gasteiger partial charge is 0.356 e. The van der Waals surface area contributed by atoms with Gasteiger partial charge in [-0.25, -0.2) is 0 Å². The van der Waals surface area contributed by atoms with Crippen molar-refractivity contribution in [1.82, 2.24) is 10.1 Å². The van der Waals surface area contributed by atoms with E-state index < -0.39 is 0 Å². The Kier molecular flexibility index (Phi) is 3.72. The third kappa shape index (κ3) is 2.84. The molecule has 0 N–H and O–H groups in total. The molecular formula is C16H15ClN2O. The first-order valence-electron chi connectivity index (χ1n) is 6.48. The average Bonchev–Trinajstić information content (AvgIpc) is 2.82. The van der Waals surface area contributed by atoms with Crippen LogP contribution < -0.4 is 0 Å². The fourth-order valence-corrected chi connectivity index (χ4v) is 2.45. The molecule has 3 rings (SSSR count). The first-order chi connectivity index (χ1) is 9.72. The predicted molar refractivity (Wildman–Crippen MR) is 80.6 cm³/mol. The van der Waals surface area contributed by atoms with E-state index in [1.807, 2.05) is 24.3 Å². The summed E-state index contributed by atoms with van der Waals surface area (Å²) >= 11 is 6.03. The van der Waals surface area contributed by atoms with E-state index in [9.17, 15) is 0 Å². The maximum Gasteiger partial charge on any atom is 0.167 e. The Morgan fingerprint density at radius 2 is 1.90 bits per heavy atom. The van der Waals surface area contributed by atoms with Crippen molar-refractivity contribution in [2.24, 2.45) is 0 Å². The number of halogens is 1. The highest BCUT2D eigenvalue weighted by atomic mass is 35.5. The Bertz CT molecular complexity index is 709. The lowest BCUT2D eigenvalue weighted by Gasteiger charge is -2.15. The molecule has 0 radical (unpaired) electrons. The molecular weight excluding hydrogens is 272 g/mol. The molecule has 0 aliphatic rings. The number of nitrogens with zero attached hydrogens (tertiary/aromatic N) is 2. The van der Waals surface area contributed by atoms with Crippen LogP contribution in [-0.2, 0) is 13.1 Å². The Morgan fingerprint density at radius 3 is 2.70 bits per heavy atom. The summed E-state index contributed by atoms with van der Waals surface area (Å²) in [6.07, 6.45) is 0. The second kappa shape index (κ2) is 5.65. The van der Waals surface area contributed by atoms with E-state index in [-0.39, 0.29) is 0 Å². The van der Waals surface area contributed by atoms with Gasteiger partial charge in [-0.3, -0.25) is 4.90 Å². The van der Waals surface area contributed by atoms with Gasteiger partial charge in [-0.2, -0.15) is 0 Å². The standard InChI is InChI=1S/C16H15ClN2O/c1-19(10-12-5-3-2-4-6-12)11-15-14-9-13(17)7-8-16(14)20-18-15/h2-9H,10-11H2,1H3. The number of benzene rings is 2. The number of hydrogen-bond acceptors (Lipinski definition) is 3. The summed E-state index contributed by atoms with van der Waals surface area (Å²) in [4.78, 5) is 2.20. The SMILES string of the molecule is CN(Cc1ccccc1)Cc1noc2ccc(Cl)cc12. The highest BCUT2D eigenvalue weighted by molar-refractivity contribution is 6.31. The van der Waals surface area contributed by atoms with Gasteiger partial charge in [0.1, 0.15) is 5.69 Å². The van der Waals surface area contributed by atoms with Crippen LogP contribution in [0.3, 0.4) is 0 Å². The molecule has 3 nitrogen and oxygen atoms in total. The van der Waals surface area contributed by atoms with E-state index >= 15 is 0 Å². The lowest BCUT2D eigenvalue weighted by Crippen LogP contribution is -2.17. The average molecular weight is 287 g/mol. The van der Waals surface area contributed by atoms with Crippen LogP contribution in [0.5, 0.6) is 0 Å². The van der Waals surface area contributed by atoms with Crippen molar-refractivity contribution >= 4 is 22.6 Å². The maximum atomic E-state index is 6.03. The van der Waals surface area contributed by atoms with Crippen molar-refractivity contribution in [2.45, 2.75) is 13.1 Å². The minimum absolute atomic E-state index is 0.702. The minimum Gasteiger partial charge on any atom is -0.356 e. The lowest BCUT2D eigenvalue weighted by molar-refractivity contribution is 0.306. The summed E-state index contributed by atoms with van der Waals surface area (Å²) < 4.78 is 5.32. The zero-order valence-electron chi connectivity index (χ0n) is 11.2. The van der Waals surface area contributed by atoms with E-state index in [2.05, 4.69) is 41.4 Å². The van der Waals surface area contributed by atoms with Gasteiger partial charge in [0.15, 0.2) is 5.58 Å². The molecule has 0 saturated heterocycles. The summed E-state index contributed by atoms with van der Waals surface area (Å²) in [7, 11) is 2.07. The number of fused-ring (bicyclic) bond motifs is 1. The van der Waals surface area contributed by atoms with Gasteiger partial charge in [0.2, 0.25) is 0 Å². The fraction of sp³-hybridized carbons (Fsp3) is 0.188.